The maximum absolute atomic E-state index is 12.9. The maximum atomic E-state index is 12.9. The fourth-order valence-electron chi connectivity index (χ4n) is 3.50. The van der Waals surface area contributed by atoms with Gasteiger partial charge >= 0.3 is 5.69 Å². The Balaban J connectivity index is 1.72. The monoisotopic (exact) mass is 482 g/mol. The van der Waals surface area contributed by atoms with Gasteiger partial charge < -0.3 is 19.9 Å². The molecule has 0 radical (unpaired) electrons. The Morgan fingerprint density at radius 3 is 2.56 bits per heavy atom. The summed E-state index contributed by atoms with van der Waals surface area (Å²) in [5.74, 6) is 0.687. The van der Waals surface area contributed by atoms with Crippen LogP contribution in [0.5, 0.6) is 0 Å². The lowest BCUT2D eigenvalue weighted by atomic mass is 10.2. The van der Waals surface area contributed by atoms with Crippen LogP contribution in [0.1, 0.15) is 11.5 Å². The van der Waals surface area contributed by atoms with Crippen molar-refractivity contribution in [1.29, 1.82) is 0 Å². The van der Waals surface area contributed by atoms with Crippen LogP contribution in [0.3, 0.4) is 0 Å². The van der Waals surface area contributed by atoms with Crippen LogP contribution in [-0.4, -0.2) is 33.4 Å². The van der Waals surface area contributed by atoms with Gasteiger partial charge in [-0.15, -0.1) is 0 Å². The van der Waals surface area contributed by atoms with Crippen LogP contribution in [0.15, 0.2) is 68.7 Å². The summed E-state index contributed by atoms with van der Waals surface area (Å²) in [5.41, 5.74) is 6.89. The molecule has 0 fully saturated rings. The molecule has 0 spiro atoms. The van der Waals surface area contributed by atoms with Crippen LogP contribution < -0.4 is 21.9 Å². The number of nitrogens with two attached hydrogens (primary N) is 1. The summed E-state index contributed by atoms with van der Waals surface area (Å²) in [4.78, 5) is 33.7. The van der Waals surface area contributed by atoms with E-state index in [1.54, 1.807) is 29.2 Å². The SMILES string of the molecule is COCCn1c(N)c(N(Cc2ccccc2)Cc2nc(-c3ccc(Cl)cc3)no2)c(=O)[nH]c1=O. The second-order valence-electron chi connectivity index (χ2n) is 7.50. The number of anilines is 2. The van der Waals surface area contributed by atoms with Gasteiger partial charge in [-0.1, -0.05) is 47.1 Å². The second-order valence-corrected chi connectivity index (χ2v) is 7.93. The number of nitrogens with zero attached hydrogens (tertiary/aromatic N) is 4. The van der Waals surface area contributed by atoms with Gasteiger partial charge in [-0.25, -0.2) is 4.79 Å². The zero-order valence-electron chi connectivity index (χ0n) is 18.4. The number of nitrogen functional groups attached to an aromatic ring is 1. The molecule has 0 atom stereocenters. The fraction of sp³-hybridized carbons (Fsp3) is 0.217. The minimum Gasteiger partial charge on any atom is -0.383 e. The topological polar surface area (TPSA) is 132 Å². The van der Waals surface area contributed by atoms with Crippen molar-refractivity contribution in [1.82, 2.24) is 19.7 Å². The Labute approximate surface area is 199 Å². The van der Waals surface area contributed by atoms with Crippen LogP contribution >= 0.6 is 11.6 Å². The molecule has 3 N–H and O–H groups in total. The Morgan fingerprint density at radius 1 is 1.12 bits per heavy atom. The number of aromatic nitrogens is 4. The highest BCUT2D eigenvalue weighted by molar-refractivity contribution is 6.30. The normalized spacial score (nSPS) is 11.0. The van der Waals surface area contributed by atoms with Crippen molar-refractivity contribution < 1.29 is 9.26 Å². The van der Waals surface area contributed by atoms with Gasteiger partial charge in [0.2, 0.25) is 11.7 Å². The van der Waals surface area contributed by atoms with Crippen LogP contribution in [-0.2, 0) is 24.4 Å². The van der Waals surface area contributed by atoms with Crippen molar-refractivity contribution in [2.24, 2.45) is 0 Å². The van der Waals surface area contributed by atoms with E-state index >= 15 is 0 Å². The van der Waals surface area contributed by atoms with Gasteiger partial charge in [0.15, 0.2) is 0 Å². The predicted octanol–water partition coefficient (Wildman–Crippen LogP) is 2.68. The largest absolute Gasteiger partial charge is 0.383 e. The molecular formula is C23H23ClN6O4. The lowest BCUT2D eigenvalue weighted by Crippen LogP contribution is -2.38. The lowest BCUT2D eigenvalue weighted by molar-refractivity contribution is 0.186. The van der Waals surface area contributed by atoms with Gasteiger partial charge in [-0.2, -0.15) is 4.98 Å². The van der Waals surface area contributed by atoms with E-state index in [1.807, 2.05) is 30.3 Å². The van der Waals surface area contributed by atoms with Crippen LogP contribution in [0.4, 0.5) is 11.5 Å². The van der Waals surface area contributed by atoms with E-state index in [-0.39, 0.29) is 37.1 Å². The van der Waals surface area contributed by atoms with Crippen molar-refractivity contribution in [3.8, 4) is 11.4 Å². The Hall–Kier alpha value is -3.89. The molecule has 2 aromatic carbocycles. The smallest absolute Gasteiger partial charge is 0.330 e. The zero-order chi connectivity index (χ0) is 24.1. The summed E-state index contributed by atoms with van der Waals surface area (Å²) in [6.45, 7) is 0.842. The number of benzene rings is 2. The molecule has 0 aliphatic carbocycles. The van der Waals surface area contributed by atoms with Gasteiger partial charge in [-0.05, 0) is 29.8 Å². The van der Waals surface area contributed by atoms with E-state index in [2.05, 4.69) is 15.1 Å². The van der Waals surface area contributed by atoms with Crippen molar-refractivity contribution in [3.05, 3.63) is 91.9 Å². The fourth-order valence-corrected chi connectivity index (χ4v) is 3.63. The van der Waals surface area contributed by atoms with E-state index in [0.29, 0.717) is 17.4 Å². The number of H-pyrrole nitrogens is 1. The first kappa shape index (κ1) is 23.3. The molecule has 2 heterocycles. The molecule has 10 nitrogen and oxygen atoms in total. The molecule has 2 aromatic heterocycles. The number of hydrogen-bond acceptors (Lipinski definition) is 8. The highest BCUT2D eigenvalue weighted by Gasteiger charge is 2.22. The molecule has 0 aliphatic heterocycles. The third-order valence-electron chi connectivity index (χ3n) is 5.16. The molecule has 0 unspecified atom stereocenters. The summed E-state index contributed by atoms with van der Waals surface area (Å²) >= 11 is 5.96. The van der Waals surface area contributed by atoms with E-state index in [4.69, 9.17) is 26.6 Å². The van der Waals surface area contributed by atoms with Gasteiger partial charge in [0.1, 0.15) is 11.5 Å². The van der Waals surface area contributed by atoms with Crippen LogP contribution in [0.2, 0.25) is 5.02 Å². The van der Waals surface area contributed by atoms with Crippen LogP contribution in [0.25, 0.3) is 11.4 Å². The highest BCUT2D eigenvalue weighted by atomic mass is 35.5. The van der Waals surface area contributed by atoms with Crippen molar-refractivity contribution in [3.63, 3.8) is 0 Å². The van der Waals surface area contributed by atoms with E-state index in [0.717, 1.165) is 11.1 Å². The molecule has 4 aromatic rings. The number of ether oxygens (including phenoxy) is 1. The third-order valence-corrected chi connectivity index (χ3v) is 5.41. The number of nitrogens with one attached hydrogen (secondary N) is 1. The van der Waals surface area contributed by atoms with Crippen molar-refractivity contribution in [2.75, 3.05) is 24.4 Å². The van der Waals surface area contributed by atoms with Crippen molar-refractivity contribution in [2.45, 2.75) is 19.6 Å². The van der Waals surface area contributed by atoms with Crippen LogP contribution in [0, 0.1) is 0 Å². The first-order chi connectivity index (χ1) is 16.5. The molecule has 0 saturated carbocycles. The quantitative estimate of drug-likeness (QED) is 0.372. The van der Waals surface area contributed by atoms with E-state index in [1.165, 1.54) is 11.7 Å². The predicted molar refractivity (Wildman–Crippen MR) is 129 cm³/mol. The molecule has 0 bridgehead atoms. The average molecular weight is 483 g/mol. The highest BCUT2D eigenvalue weighted by Crippen LogP contribution is 2.23. The Morgan fingerprint density at radius 2 is 1.85 bits per heavy atom. The number of methoxy groups -OCH3 is 1. The first-order valence-electron chi connectivity index (χ1n) is 10.4. The van der Waals surface area contributed by atoms with E-state index in [9.17, 15) is 9.59 Å². The summed E-state index contributed by atoms with van der Waals surface area (Å²) in [5, 5.41) is 4.64. The Kier molecular flexibility index (Phi) is 7.09. The molecule has 0 aliphatic rings. The average Bonchev–Trinajstić information content (AvgIpc) is 3.28. The summed E-state index contributed by atoms with van der Waals surface area (Å²) < 4.78 is 11.8. The number of halogens is 1. The Bertz CT molecular complexity index is 1360. The number of aromatic amines is 1. The summed E-state index contributed by atoms with van der Waals surface area (Å²) in [7, 11) is 1.52. The van der Waals surface area contributed by atoms with Gasteiger partial charge in [0, 0.05) is 24.2 Å². The first-order valence-corrected chi connectivity index (χ1v) is 10.8. The molecule has 0 saturated heterocycles. The molecule has 176 valence electrons. The minimum atomic E-state index is -0.607. The maximum Gasteiger partial charge on any atom is 0.330 e. The number of rotatable bonds is 9. The lowest BCUT2D eigenvalue weighted by Gasteiger charge is -2.25. The minimum absolute atomic E-state index is 0.0270. The standard InChI is InChI=1S/C23H23ClN6O4/c1-33-12-11-30-20(25)19(22(31)27-23(30)32)29(13-15-5-3-2-4-6-15)14-18-26-21(28-34-18)16-7-9-17(24)10-8-16/h2-10H,11-14,25H2,1H3,(H,27,31,32). The zero-order valence-corrected chi connectivity index (χ0v) is 19.2. The molecular weight excluding hydrogens is 460 g/mol. The van der Waals surface area contributed by atoms with Crippen molar-refractivity contribution >= 4 is 23.1 Å². The molecule has 0 amide bonds. The summed E-state index contributed by atoms with van der Waals surface area (Å²) in [6, 6.07) is 16.6. The van der Waals surface area contributed by atoms with Gasteiger partial charge in [0.25, 0.3) is 5.56 Å². The number of hydrogen-bond donors (Lipinski definition) is 2. The second kappa shape index (κ2) is 10.4. The van der Waals surface area contributed by atoms with Gasteiger partial charge in [-0.3, -0.25) is 14.3 Å². The molecule has 4 rings (SSSR count). The molecule has 11 heteroatoms. The van der Waals surface area contributed by atoms with Gasteiger partial charge in [0.05, 0.1) is 19.7 Å². The van der Waals surface area contributed by atoms with E-state index < -0.39 is 11.2 Å². The molecule has 34 heavy (non-hydrogen) atoms. The summed E-state index contributed by atoms with van der Waals surface area (Å²) in [6.07, 6.45) is 0. The third kappa shape index (κ3) is 5.19.